The maximum absolute atomic E-state index is 10.7. The van der Waals surface area contributed by atoms with Crippen LogP contribution >= 0.6 is 0 Å². The summed E-state index contributed by atoms with van der Waals surface area (Å²) >= 11 is 0. The molecule has 0 unspecified atom stereocenters. The number of hydrogen-bond acceptors (Lipinski definition) is 4. The van der Waals surface area contributed by atoms with Crippen molar-refractivity contribution >= 4 is 22.0 Å². The zero-order chi connectivity index (χ0) is 21.0. The first-order valence-electron chi connectivity index (χ1n) is 9.76. The van der Waals surface area contributed by atoms with Gasteiger partial charge in [0.2, 0.25) is 0 Å². The van der Waals surface area contributed by atoms with Crippen molar-refractivity contribution in [3.05, 3.63) is 89.7 Å². The van der Waals surface area contributed by atoms with Crippen molar-refractivity contribution in [2.24, 2.45) is 10.2 Å². The van der Waals surface area contributed by atoms with Crippen molar-refractivity contribution in [2.45, 2.75) is 19.4 Å². The van der Waals surface area contributed by atoms with Crippen LogP contribution in [0.3, 0.4) is 0 Å². The van der Waals surface area contributed by atoms with E-state index in [-0.39, 0.29) is 5.75 Å². The SMILES string of the molecule is O=S(=O)(O)CCCC[n+]1ccc(C=NN=C2c3ccccc3-c3ccccc32)cc1. The van der Waals surface area contributed by atoms with Crippen molar-refractivity contribution in [3.8, 4) is 11.1 Å². The number of fused-ring (bicyclic) bond motifs is 3. The maximum Gasteiger partial charge on any atom is 0.264 e. The van der Waals surface area contributed by atoms with Crippen LogP contribution < -0.4 is 4.57 Å². The second kappa shape index (κ2) is 8.69. The normalized spacial score (nSPS) is 12.8. The fourth-order valence-corrected chi connectivity index (χ4v) is 4.11. The predicted octanol–water partition coefficient (Wildman–Crippen LogP) is 3.49. The third kappa shape index (κ3) is 4.69. The highest BCUT2D eigenvalue weighted by Gasteiger charge is 2.23. The summed E-state index contributed by atoms with van der Waals surface area (Å²) in [5.41, 5.74) is 6.34. The van der Waals surface area contributed by atoms with E-state index in [4.69, 9.17) is 4.55 Å². The molecule has 30 heavy (non-hydrogen) atoms. The van der Waals surface area contributed by atoms with Crippen LogP contribution in [0.4, 0.5) is 0 Å². The largest absolute Gasteiger partial charge is 0.286 e. The van der Waals surface area contributed by atoms with Crippen LogP contribution in [0, 0.1) is 0 Å². The summed E-state index contributed by atoms with van der Waals surface area (Å²) in [7, 11) is -3.88. The molecule has 0 saturated carbocycles. The van der Waals surface area contributed by atoms with Crippen LogP contribution in [0.15, 0.2) is 83.3 Å². The third-order valence-electron chi connectivity index (χ3n) is 5.00. The molecule has 6 nitrogen and oxygen atoms in total. The Balaban J connectivity index is 1.44. The zero-order valence-corrected chi connectivity index (χ0v) is 17.2. The molecular weight excluding hydrogens is 398 g/mol. The van der Waals surface area contributed by atoms with E-state index in [1.54, 1.807) is 6.21 Å². The Hall–Kier alpha value is -3.16. The minimum atomic E-state index is -3.88. The van der Waals surface area contributed by atoms with Gasteiger partial charge in [-0.25, -0.2) is 4.57 Å². The highest BCUT2D eigenvalue weighted by atomic mass is 32.2. The molecule has 1 heterocycles. The van der Waals surface area contributed by atoms with E-state index in [1.807, 2.05) is 53.4 Å². The molecule has 1 aromatic heterocycles. The van der Waals surface area contributed by atoms with Crippen LogP contribution in [-0.2, 0) is 16.7 Å². The second-order valence-corrected chi connectivity index (χ2v) is 8.72. The molecule has 7 heteroatoms. The monoisotopic (exact) mass is 420 g/mol. The quantitative estimate of drug-likeness (QED) is 0.163. The van der Waals surface area contributed by atoms with Gasteiger partial charge in [0.1, 0.15) is 12.3 Å². The molecular formula is C23H22N3O3S+. The summed E-state index contributed by atoms with van der Waals surface area (Å²) in [5, 5.41) is 8.82. The average molecular weight is 421 g/mol. The Morgan fingerprint density at radius 1 is 0.833 bits per heavy atom. The Morgan fingerprint density at radius 2 is 1.40 bits per heavy atom. The van der Waals surface area contributed by atoms with Crippen LogP contribution in [0.25, 0.3) is 11.1 Å². The van der Waals surface area contributed by atoms with Crippen LogP contribution in [0.2, 0.25) is 0 Å². The molecule has 0 spiro atoms. The molecule has 0 radical (unpaired) electrons. The molecule has 3 aromatic rings. The lowest BCUT2D eigenvalue weighted by molar-refractivity contribution is -0.697. The van der Waals surface area contributed by atoms with Gasteiger partial charge >= 0.3 is 0 Å². The molecule has 1 aliphatic rings. The molecule has 0 aliphatic heterocycles. The first-order valence-corrected chi connectivity index (χ1v) is 11.4. The predicted molar refractivity (Wildman–Crippen MR) is 117 cm³/mol. The van der Waals surface area contributed by atoms with Crippen LogP contribution in [0.5, 0.6) is 0 Å². The van der Waals surface area contributed by atoms with Gasteiger partial charge in [0.15, 0.2) is 12.4 Å². The van der Waals surface area contributed by atoms with Crippen molar-refractivity contribution in [1.82, 2.24) is 0 Å². The number of unbranched alkanes of at least 4 members (excludes halogenated alkanes) is 1. The minimum absolute atomic E-state index is 0.203. The Morgan fingerprint density at radius 3 is 1.97 bits per heavy atom. The van der Waals surface area contributed by atoms with Gasteiger partial charge in [-0.3, -0.25) is 4.55 Å². The number of pyridine rings is 1. The van der Waals surface area contributed by atoms with Gasteiger partial charge in [-0.15, -0.1) is 5.10 Å². The molecule has 2 aromatic carbocycles. The number of nitrogens with zero attached hydrogens (tertiary/aromatic N) is 3. The number of hydrogen-bond donors (Lipinski definition) is 1. The molecule has 1 aliphatic carbocycles. The van der Waals surface area contributed by atoms with Crippen LogP contribution in [-0.4, -0.2) is 30.6 Å². The lowest BCUT2D eigenvalue weighted by Gasteiger charge is -1.99. The summed E-state index contributed by atoms with van der Waals surface area (Å²) in [4.78, 5) is 0. The summed E-state index contributed by atoms with van der Waals surface area (Å²) in [6.45, 7) is 0.683. The van der Waals surface area contributed by atoms with Gasteiger partial charge in [0.25, 0.3) is 10.1 Å². The van der Waals surface area contributed by atoms with Crippen molar-refractivity contribution in [3.63, 3.8) is 0 Å². The van der Waals surface area contributed by atoms with Gasteiger partial charge in [-0.1, -0.05) is 48.5 Å². The molecule has 4 rings (SSSR count). The minimum Gasteiger partial charge on any atom is -0.286 e. The number of aromatic nitrogens is 1. The zero-order valence-electron chi connectivity index (χ0n) is 16.3. The van der Waals surface area contributed by atoms with E-state index in [0.717, 1.165) is 22.4 Å². The molecule has 1 N–H and O–H groups in total. The van der Waals surface area contributed by atoms with E-state index >= 15 is 0 Å². The Bertz CT molecular complexity index is 1170. The third-order valence-corrected chi connectivity index (χ3v) is 5.81. The second-order valence-electron chi connectivity index (χ2n) is 7.15. The standard InChI is InChI=1S/C23H21N3O3S/c27-30(28,29)16-6-5-13-26-14-11-18(12-15-26)17-24-25-23-21-9-3-1-7-19(21)20-8-2-4-10-22(20)23/h1-4,7-12,14-15,17H,5-6,13,16H2/p+1. The number of rotatable bonds is 7. The maximum atomic E-state index is 10.7. The molecule has 0 amide bonds. The highest BCUT2D eigenvalue weighted by molar-refractivity contribution is 7.85. The highest BCUT2D eigenvalue weighted by Crippen LogP contribution is 2.36. The summed E-state index contributed by atoms with van der Waals surface area (Å²) in [5.74, 6) is -0.203. The van der Waals surface area contributed by atoms with Gasteiger partial charge < -0.3 is 0 Å². The Labute approximate surface area is 176 Å². The lowest BCUT2D eigenvalue weighted by Crippen LogP contribution is -2.32. The first-order chi connectivity index (χ1) is 14.5. The average Bonchev–Trinajstić information content (AvgIpc) is 3.06. The summed E-state index contributed by atoms with van der Waals surface area (Å²) < 4.78 is 32.2. The van der Waals surface area contributed by atoms with Gasteiger partial charge in [0.05, 0.1) is 12.0 Å². The van der Waals surface area contributed by atoms with Crippen molar-refractivity contribution in [1.29, 1.82) is 0 Å². The van der Waals surface area contributed by atoms with Crippen molar-refractivity contribution in [2.75, 3.05) is 5.75 Å². The smallest absolute Gasteiger partial charge is 0.264 e. The first kappa shape index (κ1) is 20.1. The Kier molecular flexibility index (Phi) is 5.83. The fraction of sp³-hybridized carbons (Fsp3) is 0.174. The van der Waals surface area contributed by atoms with E-state index in [2.05, 4.69) is 34.5 Å². The molecule has 0 saturated heterocycles. The van der Waals surface area contributed by atoms with Gasteiger partial charge in [-0.2, -0.15) is 13.5 Å². The van der Waals surface area contributed by atoms with Crippen molar-refractivity contribution < 1.29 is 17.5 Å². The number of benzene rings is 2. The summed E-state index contributed by atoms with van der Waals surface area (Å²) in [6.07, 6.45) is 6.66. The van der Waals surface area contributed by atoms with Gasteiger partial charge in [-0.05, 0) is 17.5 Å². The molecule has 0 fully saturated rings. The van der Waals surface area contributed by atoms with E-state index in [1.165, 1.54) is 11.1 Å². The lowest BCUT2D eigenvalue weighted by atomic mass is 10.1. The van der Waals surface area contributed by atoms with E-state index in [0.29, 0.717) is 19.4 Å². The summed E-state index contributed by atoms with van der Waals surface area (Å²) in [6, 6.07) is 20.3. The molecule has 152 valence electrons. The number of aryl methyl sites for hydroxylation is 1. The van der Waals surface area contributed by atoms with Gasteiger partial charge in [0, 0.05) is 35.2 Å². The van der Waals surface area contributed by atoms with Crippen LogP contribution in [0.1, 0.15) is 29.5 Å². The molecule has 0 atom stereocenters. The van der Waals surface area contributed by atoms with E-state index in [9.17, 15) is 8.42 Å². The molecule has 0 bridgehead atoms. The van der Waals surface area contributed by atoms with E-state index < -0.39 is 10.1 Å². The topological polar surface area (TPSA) is 83.0 Å². The fourth-order valence-electron chi connectivity index (χ4n) is 3.54.